The number of hydrogen-bond donors (Lipinski definition) is 0. The summed E-state index contributed by atoms with van der Waals surface area (Å²) < 4.78 is 2.36. The highest BCUT2D eigenvalue weighted by Crippen LogP contribution is 2.49. The Labute approximate surface area is 290 Å². The molecular weight excluding hydrogens is 607 g/mol. The summed E-state index contributed by atoms with van der Waals surface area (Å²) in [6.07, 6.45) is 8.99. The van der Waals surface area contributed by atoms with Gasteiger partial charge in [-0.2, -0.15) is 5.26 Å². The molecule has 2 atom stereocenters. The van der Waals surface area contributed by atoms with E-state index in [1.807, 2.05) is 12.1 Å². The second-order valence-electron chi connectivity index (χ2n) is 13.3. The van der Waals surface area contributed by atoms with Crippen molar-refractivity contribution in [2.24, 2.45) is 0 Å². The number of fused-ring (bicyclic) bond motifs is 7. The second-order valence-corrected chi connectivity index (χ2v) is 13.3. The molecular formula is C47H31N3. The van der Waals surface area contributed by atoms with E-state index >= 15 is 0 Å². The molecule has 1 aliphatic carbocycles. The van der Waals surface area contributed by atoms with Gasteiger partial charge in [0.2, 0.25) is 0 Å². The van der Waals surface area contributed by atoms with Crippen LogP contribution in [0.15, 0.2) is 176 Å². The van der Waals surface area contributed by atoms with Gasteiger partial charge in [0.25, 0.3) is 0 Å². The maximum atomic E-state index is 9.36. The molecule has 8 aromatic rings. The van der Waals surface area contributed by atoms with E-state index in [2.05, 4.69) is 179 Å². The van der Waals surface area contributed by atoms with Crippen molar-refractivity contribution in [1.82, 2.24) is 4.57 Å². The Bertz CT molecular complexity index is 2720. The van der Waals surface area contributed by atoms with Crippen molar-refractivity contribution in [3.63, 3.8) is 0 Å². The van der Waals surface area contributed by atoms with Crippen LogP contribution in [0.5, 0.6) is 0 Å². The van der Waals surface area contributed by atoms with Crippen molar-refractivity contribution in [3.05, 3.63) is 187 Å². The molecule has 2 heterocycles. The Morgan fingerprint density at radius 3 is 2.02 bits per heavy atom. The lowest BCUT2D eigenvalue weighted by atomic mass is 9.89. The van der Waals surface area contributed by atoms with Crippen LogP contribution in [0.1, 0.15) is 17.0 Å². The first-order valence-electron chi connectivity index (χ1n) is 17.2. The second kappa shape index (κ2) is 11.2. The standard InChI is InChI=1S/C47H31N3/c48-30-31-14-15-35-27-39(23-20-34(35)26-31)50-45-13-7-5-11-41(45)43-29-37(22-25-47(43)50)33-18-16-32(17-19-33)36-21-24-46-42(28-36)40-10-4-6-12-44(40)49(46)38-8-2-1-3-9-38/h1-29,41,45H. The van der Waals surface area contributed by atoms with Crippen LogP contribution < -0.4 is 4.90 Å². The lowest BCUT2D eigenvalue weighted by Gasteiger charge is -2.29. The summed E-state index contributed by atoms with van der Waals surface area (Å²) in [5, 5.41) is 14.1. The van der Waals surface area contributed by atoms with Gasteiger partial charge < -0.3 is 9.47 Å². The van der Waals surface area contributed by atoms with Crippen molar-refractivity contribution in [2.45, 2.75) is 12.0 Å². The molecule has 0 bridgehead atoms. The fourth-order valence-electron chi connectivity index (χ4n) is 8.14. The van der Waals surface area contributed by atoms with Crippen LogP contribution in [-0.2, 0) is 0 Å². The van der Waals surface area contributed by atoms with Gasteiger partial charge in [0.1, 0.15) is 0 Å². The summed E-state index contributed by atoms with van der Waals surface area (Å²) in [6, 6.07) is 57.1. The molecule has 2 aliphatic rings. The molecule has 3 heteroatoms. The minimum atomic E-state index is 0.214. The summed E-state index contributed by atoms with van der Waals surface area (Å²) >= 11 is 0. The average Bonchev–Trinajstić information content (AvgIpc) is 3.70. The number of anilines is 2. The molecule has 0 N–H and O–H groups in total. The Kier molecular flexibility index (Phi) is 6.37. The van der Waals surface area contributed by atoms with Gasteiger partial charge in [-0.15, -0.1) is 0 Å². The molecule has 234 valence electrons. The zero-order chi connectivity index (χ0) is 33.2. The Balaban J connectivity index is 1.00. The van der Waals surface area contributed by atoms with Gasteiger partial charge in [-0.05, 0) is 105 Å². The lowest BCUT2D eigenvalue weighted by Crippen LogP contribution is -2.28. The topological polar surface area (TPSA) is 32.0 Å². The van der Waals surface area contributed by atoms with Crippen LogP contribution in [0.3, 0.4) is 0 Å². The molecule has 0 amide bonds. The zero-order valence-electron chi connectivity index (χ0n) is 27.2. The van der Waals surface area contributed by atoms with E-state index in [1.54, 1.807) is 0 Å². The van der Waals surface area contributed by atoms with Crippen molar-refractivity contribution in [1.29, 1.82) is 5.26 Å². The first kappa shape index (κ1) is 28.4. The van der Waals surface area contributed by atoms with Gasteiger partial charge in [-0.1, -0.05) is 109 Å². The summed E-state index contributed by atoms with van der Waals surface area (Å²) in [4.78, 5) is 2.47. The summed E-state index contributed by atoms with van der Waals surface area (Å²) in [7, 11) is 0. The summed E-state index contributed by atoms with van der Waals surface area (Å²) in [5.74, 6) is 0.274. The highest BCUT2D eigenvalue weighted by molar-refractivity contribution is 6.10. The number of rotatable bonds is 4. The van der Waals surface area contributed by atoms with Gasteiger partial charge in [-0.3, -0.25) is 0 Å². The third-order valence-corrected chi connectivity index (χ3v) is 10.5. The third-order valence-electron chi connectivity index (χ3n) is 10.5. The maximum absolute atomic E-state index is 9.36. The summed E-state index contributed by atoms with van der Waals surface area (Å²) in [5.41, 5.74) is 12.9. The fraction of sp³-hybridized carbons (Fsp3) is 0.0426. The number of para-hydroxylation sites is 2. The summed E-state index contributed by atoms with van der Waals surface area (Å²) in [6.45, 7) is 0. The minimum Gasteiger partial charge on any atom is -0.333 e. The maximum Gasteiger partial charge on any atom is 0.0991 e. The zero-order valence-corrected chi connectivity index (χ0v) is 27.2. The molecule has 1 aliphatic heterocycles. The van der Waals surface area contributed by atoms with Crippen LogP contribution in [0.4, 0.5) is 11.4 Å². The van der Waals surface area contributed by atoms with E-state index in [0.717, 1.165) is 16.5 Å². The van der Waals surface area contributed by atoms with E-state index in [1.165, 1.54) is 61.0 Å². The highest BCUT2D eigenvalue weighted by atomic mass is 15.2. The predicted octanol–water partition coefficient (Wildman–Crippen LogP) is 11.9. The van der Waals surface area contributed by atoms with Crippen LogP contribution in [0.25, 0.3) is 60.5 Å². The molecule has 50 heavy (non-hydrogen) atoms. The molecule has 2 unspecified atom stereocenters. The van der Waals surface area contributed by atoms with E-state index in [4.69, 9.17) is 0 Å². The third kappa shape index (κ3) is 4.43. The van der Waals surface area contributed by atoms with E-state index < -0.39 is 0 Å². The first-order chi connectivity index (χ1) is 24.7. The number of aromatic nitrogens is 1. The highest BCUT2D eigenvalue weighted by Gasteiger charge is 2.37. The fourth-order valence-corrected chi connectivity index (χ4v) is 8.14. The van der Waals surface area contributed by atoms with Gasteiger partial charge in [0.05, 0.1) is 28.7 Å². The van der Waals surface area contributed by atoms with Gasteiger partial charge in [-0.25, -0.2) is 0 Å². The smallest absolute Gasteiger partial charge is 0.0991 e. The van der Waals surface area contributed by atoms with Crippen LogP contribution in [-0.4, -0.2) is 10.6 Å². The Hall–Kier alpha value is -6.63. The molecule has 3 nitrogen and oxygen atoms in total. The molecule has 10 rings (SSSR count). The quantitative estimate of drug-likeness (QED) is 0.192. The number of hydrogen-bond acceptors (Lipinski definition) is 2. The van der Waals surface area contributed by atoms with Crippen molar-refractivity contribution >= 4 is 44.0 Å². The number of allylic oxidation sites excluding steroid dienone is 2. The first-order valence-corrected chi connectivity index (χ1v) is 17.2. The normalized spacial score (nSPS) is 16.2. The monoisotopic (exact) mass is 637 g/mol. The Morgan fingerprint density at radius 1 is 0.500 bits per heavy atom. The van der Waals surface area contributed by atoms with E-state index in [9.17, 15) is 5.26 Å². The molecule has 0 radical (unpaired) electrons. The number of nitriles is 1. The van der Waals surface area contributed by atoms with Crippen LogP contribution in [0.2, 0.25) is 0 Å². The predicted molar refractivity (Wildman–Crippen MR) is 207 cm³/mol. The van der Waals surface area contributed by atoms with E-state index in [0.29, 0.717) is 5.56 Å². The largest absolute Gasteiger partial charge is 0.333 e. The van der Waals surface area contributed by atoms with Gasteiger partial charge in [0.15, 0.2) is 0 Å². The lowest BCUT2D eigenvalue weighted by molar-refractivity contribution is 0.745. The molecule has 0 fully saturated rings. The molecule has 7 aromatic carbocycles. The van der Waals surface area contributed by atoms with Gasteiger partial charge >= 0.3 is 0 Å². The number of benzene rings is 7. The van der Waals surface area contributed by atoms with Crippen molar-refractivity contribution < 1.29 is 0 Å². The Morgan fingerprint density at radius 2 is 1.18 bits per heavy atom. The molecule has 0 spiro atoms. The number of nitrogens with zero attached hydrogens (tertiary/aromatic N) is 3. The average molecular weight is 638 g/mol. The van der Waals surface area contributed by atoms with E-state index in [-0.39, 0.29) is 12.0 Å². The van der Waals surface area contributed by atoms with Crippen LogP contribution >= 0.6 is 0 Å². The minimum absolute atomic E-state index is 0.214. The van der Waals surface area contributed by atoms with Gasteiger partial charge in [0, 0.05) is 33.8 Å². The molecule has 1 aromatic heterocycles. The SMILES string of the molecule is N#Cc1ccc2cc(N3c4ccc(-c5ccc(-c6ccc7c(c6)c6ccccc6n7-c6ccccc6)cc5)cc4C4C=CC=CC43)ccc2c1. The van der Waals surface area contributed by atoms with Crippen molar-refractivity contribution in [2.75, 3.05) is 4.90 Å². The molecule has 0 saturated heterocycles. The van der Waals surface area contributed by atoms with Crippen molar-refractivity contribution in [3.8, 4) is 34.0 Å². The van der Waals surface area contributed by atoms with Crippen LogP contribution in [0, 0.1) is 11.3 Å². The molecule has 0 saturated carbocycles.